The molecule has 0 fully saturated rings. The Balaban J connectivity index is 4.42. The first-order chi connectivity index (χ1) is 32.5. The van der Waals surface area contributed by atoms with Crippen molar-refractivity contribution in [2.75, 3.05) is 13.2 Å². The Morgan fingerprint density at radius 3 is 1.12 bits per heavy atom. The molecule has 0 saturated heterocycles. The molecule has 6 heteroatoms. The second kappa shape index (κ2) is 53.9. The molecule has 0 aromatic rings. The Morgan fingerprint density at radius 1 is 0.333 bits per heavy atom. The Labute approximate surface area is 407 Å². The Bertz CT molecular complexity index is 1330. The summed E-state index contributed by atoms with van der Waals surface area (Å²) < 4.78 is 16.8. The van der Waals surface area contributed by atoms with Crippen LogP contribution in [0.5, 0.6) is 0 Å². The van der Waals surface area contributed by atoms with Crippen molar-refractivity contribution < 1.29 is 28.6 Å². The topological polar surface area (TPSA) is 78.9 Å². The summed E-state index contributed by atoms with van der Waals surface area (Å²) in [5.41, 5.74) is 0. The molecule has 1 unspecified atom stereocenters. The monoisotopic (exact) mass is 917 g/mol. The van der Waals surface area contributed by atoms with E-state index in [0.717, 1.165) is 116 Å². The van der Waals surface area contributed by atoms with E-state index in [1.54, 1.807) is 0 Å². The molecule has 0 saturated carbocycles. The molecular weight excluding hydrogens is 817 g/mol. The fourth-order valence-corrected chi connectivity index (χ4v) is 7.26. The minimum Gasteiger partial charge on any atom is -0.462 e. The number of carbonyl (C=O) groups is 3. The minimum atomic E-state index is -0.802. The van der Waals surface area contributed by atoms with Crippen molar-refractivity contribution in [3.05, 3.63) is 97.2 Å². The van der Waals surface area contributed by atoms with Gasteiger partial charge in [-0.1, -0.05) is 227 Å². The van der Waals surface area contributed by atoms with E-state index in [1.807, 2.05) is 0 Å². The van der Waals surface area contributed by atoms with Crippen molar-refractivity contribution in [3.63, 3.8) is 0 Å². The summed E-state index contributed by atoms with van der Waals surface area (Å²) in [6.07, 6.45) is 71.1. The SMILES string of the molecule is CC/C=C\C/C=C\C/C=C\CCCCCCCCCCCC(=O)OCC(COC(=O)CCCCC/C=C\C=C/CCCC)OC(=O)CCCCCCC\C=C/C=C\C=C/CCCCCCC. The molecule has 66 heavy (non-hydrogen) atoms. The van der Waals surface area contributed by atoms with E-state index in [1.165, 1.54) is 89.9 Å². The van der Waals surface area contributed by atoms with E-state index in [2.05, 4.69) is 118 Å². The Morgan fingerprint density at radius 2 is 0.667 bits per heavy atom. The highest BCUT2D eigenvalue weighted by molar-refractivity contribution is 5.71. The largest absolute Gasteiger partial charge is 0.462 e. The summed E-state index contributed by atoms with van der Waals surface area (Å²) in [7, 11) is 0. The van der Waals surface area contributed by atoms with Crippen LogP contribution in [0.3, 0.4) is 0 Å². The van der Waals surface area contributed by atoms with Crippen LogP contribution in [0.15, 0.2) is 97.2 Å². The van der Waals surface area contributed by atoms with Crippen molar-refractivity contribution in [1.29, 1.82) is 0 Å². The van der Waals surface area contributed by atoms with Crippen molar-refractivity contribution in [1.82, 2.24) is 0 Å². The lowest BCUT2D eigenvalue weighted by Crippen LogP contribution is -2.30. The van der Waals surface area contributed by atoms with E-state index >= 15 is 0 Å². The first-order valence-electron chi connectivity index (χ1n) is 27.3. The number of ether oxygens (including phenoxy) is 3. The fourth-order valence-electron chi connectivity index (χ4n) is 7.26. The number of rotatable bonds is 48. The average molecular weight is 917 g/mol. The number of hydrogen-bond donors (Lipinski definition) is 0. The Hall–Kier alpha value is -3.67. The minimum absolute atomic E-state index is 0.0982. The van der Waals surface area contributed by atoms with Gasteiger partial charge in [-0.15, -0.1) is 0 Å². The van der Waals surface area contributed by atoms with Gasteiger partial charge in [0.25, 0.3) is 0 Å². The summed E-state index contributed by atoms with van der Waals surface area (Å²) in [6, 6.07) is 0. The lowest BCUT2D eigenvalue weighted by molar-refractivity contribution is -0.167. The third-order valence-corrected chi connectivity index (χ3v) is 11.4. The lowest BCUT2D eigenvalue weighted by atomic mass is 10.1. The van der Waals surface area contributed by atoms with Crippen LogP contribution >= 0.6 is 0 Å². The van der Waals surface area contributed by atoms with E-state index < -0.39 is 6.10 Å². The molecule has 0 aliphatic carbocycles. The van der Waals surface area contributed by atoms with Gasteiger partial charge in [0, 0.05) is 19.3 Å². The number of esters is 3. The van der Waals surface area contributed by atoms with Gasteiger partial charge >= 0.3 is 17.9 Å². The van der Waals surface area contributed by atoms with Gasteiger partial charge in [0.15, 0.2) is 6.10 Å². The number of carbonyl (C=O) groups excluding carboxylic acids is 3. The first-order valence-corrected chi connectivity index (χ1v) is 27.3. The van der Waals surface area contributed by atoms with Gasteiger partial charge in [0.1, 0.15) is 13.2 Å². The molecular formula is C60H100O6. The molecule has 0 bridgehead atoms. The fraction of sp³-hybridized carbons (Fsp3) is 0.683. The van der Waals surface area contributed by atoms with Gasteiger partial charge < -0.3 is 14.2 Å². The summed E-state index contributed by atoms with van der Waals surface area (Å²) in [5.74, 6) is -0.953. The average Bonchev–Trinajstić information content (AvgIpc) is 3.31. The second-order valence-corrected chi connectivity index (χ2v) is 17.8. The van der Waals surface area contributed by atoms with Crippen LogP contribution in [0.4, 0.5) is 0 Å². The van der Waals surface area contributed by atoms with Gasteiger partial charge in [0.2, 0.25) is 0 Å². The number of allylic oxidation sites excluding steroid dienone is 16. The molecule has 0 aliphatic heterocycles. The maximum atomic E-state index is 12.8. The number of hydrogen-bond acceptors (Lipinski definition) is 6. The zero-order valence-electron chi connectivity index (χ0n) is 42.9. The van der Waals surface area contributed by atoms with Crippen LogP contribution in [-0.4, -0.2) is 37.2 Å². The molecule has 0 aliphatic rings. The van der Waals surface area contributed by atoms with E-state index in [4.69, 9.17) is 14.2 Å². The highest BCUT2D eigenvalue weighted by atomic mass is 16.6. The molecule has 0 heterocycles. The van der Waals surface area contributed by atoms with Crippen LogP contribution in [0.2, 0.25) is 0 Å². The lowest BCUT2D eigenvalue weighted by Gasteiger charge is -2.18. The second-order valence-electron chi connectivity index (χ2n) is 17.8. The molecule has 0 amide bonds. The molecule has 0 radical (unpaired) electrons. The van der Waals surface area contributed by atoms with E-state index in [0.29, 0.717) is 19.3 Å². The summed E-state index contributed by atoms with van der Waals surface area (Å²) in [4.78, 5) is 38.0. The third-order valence-electron chi connectivity index (χ3n) is 11.4. The molecule has 0 aromatic heterocycles. The first kappa shape index (κ1) is 62.3. The zero-order chi connectivity index (χ0) is 47.9. The van der Waals surface area contributed by atoms with Crippen molar-refractivity contribution in [2.45, 2.75) is 252 Å². The van der Waals surface area contributed by atoms with Crippen LogP contribution in [0.25, 0.3) is 0 Å². The summed E-state index contributed by atoms with van der Waals surface area (Å²) in [5, 5.41) is 0. The van der Waals surface area contributed by atoms with E-state index in [9.17, 15) is 14.4 Å². The maximum absolute atomic E-state index is 12.8. The standard InChI is InChI=1S/C60H100O6/c1-4-7-10-13-16-19-22-24-26-28-30-32-33-35-38-41-44-47-50-53-59(62)65-56-57(55-64-58(61)52-49-46-43-40-37-21-18-15-12-9-6-3)66-60(63)54-51-48-45-42-39-36-34-31-29-27-25-23-20-17-14-11-8-5-2/h7,10,15-16,18-19,21,23-27,29,31,34,37,57H,4-6,8-9,11-14,17,20,22,28,30,32-33,35-36,38-56H2,1-3H3/b10-7-,18-15-,19-16-,25-23-,26-24-,29-27-,34-31-,37-21-. The van der Waals surface area contributed by atoms with Crippen molar-refractivity contribution >= 4 is 17.9 Å². The third kappa shape index (κ3) is 51.3. The van der Waals surface area contributed by atoms with E-state index in [-0.39, 0.29) is 31.1 Å². The van der Waals surface area contributed by atoms with Crippen LogP contribution in [0.1, 0.15) is 245 Å². The summed E-state index contributed by atoms with van der Waals surface area (Å²) in [6.45, 7) is 6.41. The highest BCUT2D eigenvalue weighted by Crippen LogP contribution is 2.14. The quantitative estimate of drug-likeness (QED) is 0.0199. The van der Waals surface area contributed by atoms with Gasteiger partial charge in [0.05, 0.1) is 0 Å². The normalized spacial score (nSPS) is 12.8. The molecule has 0 aromatic carbocycles. The molecule has 1 atom stereocenters. The highest BCUT2D eigenvalue weighted by Gasteiger charge is 2.19. The van der Waals surface area contributed by atoms with Gasteiger partial charge in [-0.3, -0.25) is 14.4 Å². The van der Waals surface area contributed by atoms with Gasteiger partial charge in [-0.2, -0.15) is 0 Å². The van der Waals surface area contributed by atoms with Crippen LogP contribution in [0, 0.1) is 0 Å². The molecule has 0 spiro atoms. The molecule has 0 N–H and O–H groups in total. The molecule has 6 nitrogen and oxygen atoms in total. The van der Waals surface area contributed by atoms with Gasteiger partial charge in [-0.05, 0) is 96.3 Å². The predicted octanol–water partition coefficient (Wildman–Crippen LogP) is 18.1. The smallest absolute Gasteiger partial charge is 0.306 e. The summed E-state index contributed by atoms with van der Waals surface area (Å²) >= 11 is 0. The Kier molecular flexibility index (Phi) is 50.9. The zero-order valence-corrected chi connectivity index (χ0v) is 42.9. The van der Waals surface area contributed by atoms with Crippen LogP contribution in [-0.2, 0) is 28.6 Å². The van der Waals surface area contributed by atoms with Gasteiger partial charge in [-0.25, -0.2) is 0 Å². The number of unbranched alkanes of at least 4 members (excludes halogenated alkanes) is 24. The molecule has 376 valence electrons. The maximum Gasteiger partial charge on any atom is 0.306 e. The van der Waals surface area contributed by atoms with Crippen molar-refractivity contribution in [2.24, 2.45) is 0 Å². The molecule has 0 rings (SSSR count). The van der Waals surface area contributed by atoms with Crippen molar-refractivity contribution in [3.8, 4) is 0 Å². The predicted molar refractivity (Wildman–Crippen MR) is 284 cm³/mol. The van der Waals surface area contributed by atoms with Crippen LogP contribution < -0.4 is 0 Å².